The molecule has 1 N–H and O–H groups in total. The van der Waals surface area contributed by atoms with Gasteiger partial charge in [-0.25, -0.2) is 0 Å². The Kier molecular flexibility index (Phi) is 2.14. The van der Waals surface area contributed by atoms with E-state index in [2.05, 4.69) is 17.5 Å². The largest absolute Gasteiger partial charge is 0.388 e. The van der Waals surface area contributed by atoms with E-state index in [4.69, 9.17) is 5.26 Å². The van der Waals surface area contributed by atoms with Crippen molar-refractivity contribution in [2.45, 2.75) is 19.3 Å². The molecule has 0 spiro atoms. The summed E-state index contributed by atoms with van der Waals surface area (Å²) in [5, 5.41) is 11.4. The fraction of sp³-hybridized carbons (Fsp3) is 0.571. The van der Waals surface area contributed by atoms with E-state index in [1.165, 1.54) is 6.42 Å². The first-order valence-electron chi connectivity index (χ1n) is 3.23. The van der Waals surface area contributed by atoms with Gasteiger partial charge in [0, 0.05) is 12.2 Å². The summed E-state index contributed by atoms with van der Waals surface area (Å²) in [5.41, 5.74) is 1.10. The van der Waals surface area contributed by atoms with Gasteiger partial charge in [0.1, 0.15) is 0 Å². The van der Waals surface area contributed by atoms with E-state index in [-0.39, 0.29) is 0 Å². The van der Waals surface area contributed by atoms with Crippen LogP contribution in [0, 0.1) is 11.3 Å². The molecule has 1 aliphatic heterocycles. The molecule has 0 aliphatic carbocycles. The van der Waals surface area contributed by atoms with Crippen molar-refractivity contribution >= 4 is 0 Å². The lowest BCUT2D eigenvalue weighted by molar-refractivity contribution is 0.679. The first kappa shape index (κ1) is 6.15. The van der Waals surface area contributed by atoms with E-state index in [0.29, 0.717) is 6.42 Å². The number of hydrogen-bond acceptors (Lipinski definition) is 2. The molecule has 2 nitrogen and oxygen atoms in total. The van der Waals surface area contributed by atoms with Crippen LogP contribution in [0.15, 0.2) is 11.8 Å². The third-order valence-corrected chi connectivity index (χ3v) is 1.39. The maximum atomic E-state index is 8.29. The summed E-state index contributed by atoms with van der Waals surface area (Å²) in [4.78, 5) is 0. The van der Waals surface area contributed by atoms with Gasteiger partial charge in [0.2, 0.25) is 0 Å². The Morgan fingerprint density at radius 1 is 1.78 bits per heavy atom. The first-order chi connectivity index (χ1) is 4.43. The maximum absolute atomic E-state index is 8.29. The summed E-state index contributed by atoms with van der Waals surface area (Å²) >= 11 is 0. The molecule has 48 valence electrons. The van der Waals surface area contributed by atoms with Gasteiger partial charge in [-0.3, -0.25) is 0 Å². The molecular formula is C7H10N2. The van der Waals surface area contributed by atoms with Crippen LogP contribution in [0.2, 0.25) is 0 Å². The van der Waals surface area contributed by atoms with Crippen LogP contribution in [0.5, 0.6) is 0 Å². The van der Waals surface area contributed by atoms with Gasteiger partial charge >= 0.3 is 0 Å². The second-order valence-electron chi connectivity index (χ2n) is 2.13. The lowest BCUT2D eigenvalue weighted by atomic mass is 10.1. The molecule has 0 atom stereocenters. The molecule has 0 saturated heterocycles. The van der Waals surface area contributed by atoms with Crippen LogP contribution in [-0.2, 0) is 0 Å². The van der Waals surface area contributed by atoms with Gasteiger partial charge < -0.3 is 5.32 Å². The van der Waals surface area contributed by atoms with E-state index in [0.717, 1.165) is 18.7 Å². The van der Waals surface area contributed by atoms with Gasteiger partial charge in [-0.1, -0.05) is 6.08 Å². The second kappa shape index (κ2) is 3.13. The number of hydrogen-bond donors (Lipinski definition) is 1. The smallest absolute Gasteiger partial charge is 0.0745 e. The Balaban J connectivity index is 2.39. The Hall–Kier alpha value is -0.970. The topological polar surface area (TPSA) is 35.8 Å². The highest BCUT2D eigenvalue weighted by Gasteiger charge is 1.99. The molecule has 0 amide bonds. The molecule has 2 heteroatoms. The standard InChI is InChI=1S/C7H10N2/c8-5-4-7-3-1-2-6-9-7/h3,9H,1-2,4,6H2. The average Bonchev–Trinajstić information content (AvgIpc) is 1.91. The minimum atomic E-state index is 0.542. The zero-order chi connectivity index (χ0) is 6.53. The zero-order valence-corrected chi connectivity index (χ0v) is 5.35. The fourth-order valence-electron chi connectivity index (χ4n) is 0.919. The summed E-state index contributed by atoms with van der Waals surface area (Å²) in [5.74, 6) is 0. The predicted molar refractivity (Wildman–Crippen MR) is 35.5 cm³/mol. The van der Waals surface area contributed by atoms with Crippen molar-refractivity contribution in [1.82, 2.24) is 5.32 Å². The molecule has 9 heavy (non-hydrogen) atoms. The van der Waals surface area contributed by atoms with Gasteiger partial charge in [-0.05, 0) is 12.8 Å². The molecule has 0 aromatic heterocycles. The monoisotopic (exact) mass is 122 g/mol. The van der Waals surface area contributed by atoms with E-state index < -0.39 is 0 Å². The molecule has 0 aromatic rings. The third-order valence-electron chi connectivity index (χ3n) is 1.39. The summed E-state index contributed by atoms with van der Waals surface area (Å²) in [6, 6.07) is 2.11. The molecule has 0 aromatic carbocycles. The van der Waals surface area contributed by atoms with Gasteiger partial charge in [-0.15, -0.1) is 0 Å². The number of nitriles is 1. The lowest BCUT2D eigenvalue weighted by Crippen LogP contribution is -2.17. The van der Waals surface area contributed by atoms with Gasteiger partial charge in [-0.2, -0.15) is 5.26 Å². The molecule has 1 heterocycles. The normalized spacial score (nSPS) is 17.4. The van der Waals surface area contributed by atoms with Crippen LogP contribution in [0.3, 0.4) is 0 Å². The van der Waals surface area contributed by atoms with Gasteiger partial charge in [0.05, 0.1) is 12.5 Å². The molecule has 1 aliphatic rings. The van der Waals surface area contributed by atoms with Gasteiger partial charge in [0.15, 0.2) is 0 Å². The fourth-order valence-corrected chi connectivity index (χ4v) is 0.919. The molecule has 0 fully saturated rings. The summed E-state index contributed by atoms with van der Waals surface area (Å²) in [7, 11) is 0. The maximum Gasteiger partial charge on any atom is 0.0745 e. The number of allylic oxidation sites excluding steroid dienone is 2. The van der Waals surface area contributed by atoms with E-state index in [1.54, 1.807) is 0 Å². The van der Waals surface area contributed by atoms with Crippen LogP contribution in [-0.4, -0.2) is 6.54 Å². The molecule has 0 saturated carbocycles. The minimum Gasteiger partial charge on any atom is -0.388 e. The van der Waals surface area contributed by atoms with Crippen LogP contribution < -0.4 is 5.32 Å². The van der Waals surface area contributed by atoms with Gasteiger partial charge in [0.25, 0.3) is 0 Å². The minimum absolute atomic E-state index is 0.542. The average molecular weight is 122 g/mol. The second-order valence-corrected chi connectivity index (χ2v) is 2.13. The number of nitrogens with one attached hydrogen (secondary N) is 1. The van der Waals surface area contributed by atoms with Crippen molar-refractivity contribution in [1.29, 1.82) is 5.26 Å². The lowest BCUT2D eigenvalue weighted by Gasteiger charge is -2.11. The molecule has 0 radical (unpaired) electrons. The van der Waals surface area contributed by atoms with E-state index in [1.807, 2.05) is 0 Å². The van der Waals surface area contributed by atoms with Crippen LogP contribution in [0.1, 0.15) is 19.3 Å². The SMILES string of the molecule is N#CCC1=CCCCN1. The summed E-state index contributed by atoms with van der Waals surface area (Å²) < 4.78 is 0. The first-order valence-corrected chi connectivity index (χ1v) is 3.23. The van der Waals surface area contributed by atoms with Crippen molar-refractivity contribution in [2.24, 2.45) is 0 Å². The van der Waals surface area contributed by atoms with E-state index >= 15 is 0 Å². The van der Waals surface area contributed by atoms with Crippen LogP contribution in [0.4, 0.5) is 0 Å². The number of nitrogens with zero attached hydrogens (tertiary/aromatic N) is 1. The van der Waals surface area contributed by atoms with Crippen LogP contribution >= 0.6 is 0 Å². The molecule has 0 unspecified atom stereocenters. The highest BCUT2D eigenvalue weighted by atomic mass is 14.9. The summed E-state index contributed by atoms with van der Waals surface area (Å²) in [6.45, 7) is 1.04. The van der Waals surface area contributed by atoms with Crippen molar-refractivity contribution in [3.8, 4) is 6.07 Å². The summed E-state index contributed by atoms with van der Waals surface area (Å²) in [6.07, 6.45) is 4.98. The van der Waals surface area contributed by atoms with E-state index in [9.17, 15) is 0 Å². The quantitative estimate of drug-likeness (QED) is 0.566. The third kappa shape index (κ3) is 1.77. The van der Waals surface area contributed by atoms with Crippen molar-refractivity contribution in [3.63, 3.8) is 0 Å². The Morgan fingerprint density at radius 3 is 3.22 bits per heavy atom. The molecular weight excluding hydrogens is 112 g/mol. The van der Waals surface area contributed by atoms with Crippen LogP contribution in [0.25, 0.3) is 0 Å². The zero-order valence-electron chi connectivity index (χ0n) is 5.35. The molecule has 1 rings (SSSR count). The van der Waals surface area contributed by atoms with Crippen molar-refractivity contribution < 1.29 is 0 Å². The molecule has 0 bridgehead atoms. The number of rotatable bonds is 1. The Morgan fingerprint density at radius 2 is 2.67 bits per heavy atom. The Bertz CT molecular complexity index is 153. The predicted octanol–water partition coefficient (Wildman–Crippen LogP) is 1.17. The highest BCUT2D eigenvalue weighted by molar-refractivity contribution is 5.07. The van der Waals surface area contributed by atoms with Crippen molar-refractivity contribution in [3.05, 3.63) is 11.8 Å². The highest BCUT2D eigenvalue weighted by Crippen LogP contribution is 2.04. The van der Waals surface area contributed by atoms with Crippen molar-refractivity contribution in [2.75, 3.05) is 6.54 Å². The Labute approximate surface area is 55.2 Å².